The van der Waals surface area contributed by atoms with Gasteiger partial charge in [-0.1, -0.05) is 36.4 Å². The molecule has 0 unspecified atom stereocenters. The molecule has 2 aromatic carbocycles. The van der Waals surface area contributed by atoms with Gasteiger partial charge in [-0.25, -0.2) is 9.97 Å². The molecule has 59 heavy (non-hydrogen) atoms. The summed E-state index contributed by atoms with van der Waals surface area (Å²) in [6.45, 7) is 20.1. The van der Waals surface area contributed by atoms with E-state index in [-0.39, 0.29) is 35.0 Å². The van der Waals surface area contributed by atoms with E-state index in [1.54, 1.807) is 36.7 Å². The van der Waals surface area contributed by atoms with Crippen molar-refractivity contribution in [3.05, 3.63) is 120 Å². The van der Waals surface area contributed by atoms with Crippen LogP contribution in [0.3, 0.4) is 0 Å². The van der Waals surface area contributed by atoms with Gasteiger partial charge in [-0.05, 0) is 142 Å². The molecule has 0 spiro atoms. The highest BCUT2D eigenvalue weighted by Gasteiger charge is 2.24. The number of nitriles is 1. The second-order valence-corrected chi connectivity index (χ2v) is 17.8. The third kappa shape index (κ3) is 10.8. The molecule has 7 rings (SSSR count). The van der Waals surface area contributed by atoms with Gasteiger partial charge in [0.25, 0.3) is 11.8 Å². The third-order valence-corrected chi connectivity index (χ3v) is 9.56. The van der Waals surface area contributed by atoms with Gasteiger partial charge >= 0.3 is 0 Å². The van der Waals surface area contributed by atoms with Crippen LogP contribution in [0.4, 0.5) is 0 Å². The summed E-state index contributed by atoms with van der Waals surface area (Å²) in [7, 11) is 0. The number of nitrogens with zero attached hydrogens (tertiary/aromatic N) is 7. The number of carbonyl (C=O) groups is 2. The number of benzene rings is 2. The topological polar surface area (TPSA) is 143 Å². The minimum Gasteiger partial charge on any atom is -0.347 e. The van der Waals surface area contributed by atoms with Crippen LogP contribution < -0.4 is 10.6 Å². The highest BCUT2D eigenvalue weighted by molar-refractivity contribution is 5.97. The van der Waals surface area contributed by atoms with Crippen molar-refractivity contribution in [1.82, 2.24) is 40.2 Å². The highest BCUT2D eigenvalue weighted by atomic mass is 16.2. The molecule has 2 amide bonds. The van der Waals surface area contributed by atoms with Gasteiger partial charge in [-0.3, -0.25) is 19.0 Å². The Labute approximate surface area is 347 Å². The molecule has 4 aromatic heterocycles. The molecule has 4 heterocycles. The Kier molecular flexibility index (Phi) is 12.3. The number of rotatable bonds is 9. The standard InChI is InChI=1S/C25H30N4O.C23H25N5O/c1-16(2)29-23(12-13-26-29)22-15-20(24(30)28-25(3,4)5)14-21(27-22)19-10-8-18(9-11-19)17-6-7-17;1-15(2)28-21(10-11-25-28)20-13-18(22(29)27-23(3,4)5)12-19(26-20)17-8-6-16(14-24)7-9-17/h8-17H,6-7H2,1-5H3,(H,28,30);6-13,15H,1-5H3,(H,27,29). The summed E-state index contributed by atoms with van der Waals surface area (Å²) in [6, 6.07) is 29.4. The van der Waals surface area contributed by atoms with Crippen molar-refractivity contribution in [3.63, 3.8) is 0 Å². The summed E-state index contributed by atoms with van der Waals surface area (Å²) in [5, 5.41) is 24.0. The van der Waals surface area contributed by atoms with Crippen molar-refractivity contribution < 1.29 is 9.59 Å². The van der Waals surface area contributed by atoms with Crippen molar-refractivity contribution in [2.75, 3.05) is 0 Å². The van der Waals surface area contributed by atoms with Crippen molar-refractivity contribution in [3.8, 4) is 51.4 Å². The average molecular weight is 790 g/mol. The monoisotopic (exact) mass is 789 g/mol. The summed E-state index contributed by atoms with van der Waals surface area (Å²) in [6.07, 6.45) is 6.08. The summed E-state index contributed by atoms with van der Waals surface area (Å²) in [5.74, 6) is 0.455. The number of hydrogen-bond acceptors (Lipinski definition) is 7. The zero-order valence-corrected chi connectivity index (χ0v) is 35.8. The van der Waals surface area contributed by atoms with Crippen molar-refractivity contribution in [2.24, 2.45) is 0 Å². The Morgan fingerprint density at radius 2 is 1.02 bits per heavy atom. The first-order chi connectivity index (χ1) is 27.9. The summed E-state index contributed by atoms with van der Waals surface area (Å²) < 4.78 is 3.82. The van der Waals surface area contributed by atoms with Crippen molar-refractivity contribution in [1.29, 1.82) is 5.26 Å². The molecule has 0 atom stereocenters. The fourth-order valence-corrected chi connectivity index (χ4v) is 6.62. The van der Waals surface area contributed by atoms with E-state index in [0.717, 1.165) is 33.9 Å². The maximum Gasteiger partial charge on any atom is 0.251 e. The van der Waals surface area contributed by atoms with Gasteiger partial charge in [-0.15, -0.1) is 0 Å². The number of carbonyl (C=O) groups excluding carboxylic acids is 2. The fourth-order valence-electron chi connectivity index (χ4n) is 6.62. The SMILES string of the molecule is CC(C)n1nccc1-c1cc(C(=O)NC(C)(C)C)cc(-c2ccc(C#N)cc2)n1.CC(C)n1nccc1-c1cc(C(=O)NC(C)(C)C)cc(-c2ccc(C3CC3)cc2)n1. The molecule has 11 nitrogen and oxygen atoms in total. The van der Waals surface area contributed by atoms with E-state index < -0.39 is 0 Å². The predicted octanol–water partition coefficient (Wildman–Crippen LogP) is 10.2. The van der Waals surface area contributed by atoms with Gasteiger partial charge < -0.3 is 10.6 Å². The number of hydrogen-bond donors (Lipinski definition) is 2. The van der Waals surface area contributed by atoms with Gasteiger partial charge in [0, 0.05) is 57.8 Å². The van der Waals surface area contributed by atoms with Gasteiger partial charge in [-0.2, -0.15) is 15.5 Å². The molecule has 6 aromatic rings. The lowest BCUT2D eigenvalue weighted by Crippen LogP contribution is -2.40. The molecule has 0 bridgehead atoms. The van der Waals surface area contributed by atoms with Crippen molar-refractivity contribution >= 4 is 11.8 Å². The second kappa shape index (κ2) is 17.2. The maximum atomic E-state index is 13.0. The van der Waals surface area contributed by atoms with E-state index >= 15 is 0 Å². The van der Waals surface area contributed by atoms with Crippen LogP contribution in [0.25, 0.3) is 45.3 Å². The van der Waals surface area contributed by atoms with Crippen LogP contribution in [0.5, 0.6) is 0 Å². The van der Waals surface area contributed by atoms with E-state index in [1.807, 2.05) is 101 Å². The summed E-state index contributed by atoms with van der Waals surface area (Å²) in [5.41, 5.74) is 8.94. The Hall–Kier alpha value is -6.41. The fraction of sp³-hybridized carbons (Fsp3) is 0.354. The summed E-state index contributed by atoms with van der Waals surface area (Å²) >= 11 is 0. The molecule has 2 N–H and O–H groups in total. The van der Waals surface area contributed by atoms with Gasteiger partial charge in [0.15, 0.2) is 0 Å². The minimum atomic E-state index is -0.352. The number of nitrogens with one attached hydrogen (secondary N) is 2. The molecule has 0 saturated heterocycles. The first-order valence-electron chi connectivity index (χ1n) is 20.3. The van der Waals surface area contributed by atoms with E-state index in [1.165, 1.54) is 18.4 Å². The van der Waals surface area contributed by atoms with E-state index in [0.29, 0.717) is 34.0 Å². The molecule has 1 aliphatic rings. The largest absolute Gasteiger partial charge is 0.347 e. The maximum absolute atomic E-state index is 13.0. The highest BCUT2D eigenvalue weighted by Crippen LogP contribution is 2.40. The average Bonchev–Trinajstić information content (AvgIpc) is 3.68. The van der Waals surface area contributed by atoms with Crippen LogP contribution in [0, 0.1) is 11.3 Å². The molecule has 11 heteroatoms. The van der Waals surface area contributed by atoms with Crippen LogP contribution in [0.1, 0.15) is 132 Å². The molecule has 0 aliphatic heterocycles. The Morgan fingerprint density at radius 3 is 1.37 bits per heavy atom. The van der Waals surface area contributed by atoms with Crippen molar-refractivity contribution in [2.45, 2.75) is 111 Å². The van der Waals surface area contributed by atoms with E-state index in [2.05, 4.69) is 65.0 Å². The smallest absolute Gasteiger partial charge is 0.251 e. The molecule has 304 valence electrons. The van der Waals surface area contributed by atoms with Crippen LogP contribution in [-0.4, -0.2) is 52.4 Å². The van der Waals surface area contributed by atoms with E-state index in [9.17, 15) is 9.59 Å². The molecular weight excluding hydrogens is 735 g/mol. The van der Waals surface area contributed by atoms with Gasteiger partial charge in [0.05, 0.1) is 45.8 Å². The number of aromatic nitrogens is 6. The molecular formula is C48H55N9O2. The Bertz CT molecular complexity index is 2470. The van der Waals surface area contributed by atoms with Crippen LogP contribution in [0.15, 0.2) is 97.3 Å². The van der Waals surface area contributed by atoms with Crippen LogP contribution >= 0.6 is 0 Å². The lowest BCUT2D eigenvalue weighted by Gasteiger charge is -2.21. The number of pyridine rings is 2. The molecule has 1 saturated carbocycles. The minimum absolute atomic E-state index is 0.0994. The van der Waals surface area contributed by atoms with Gasteiger partial charge in [0.2, 0.25) is 0 Å². The zero-order valence-electron chi connectivity index (χ0n) is 35.8. The molecule has 1 aliphatic carbocycles. The third-order valence-electron chi connectivity index (χ3n) is 9.56. The predicted molar refractivity (Wildman–Crippen MR) is 234 cm³/mol. The first-order valence-corrected chi connectivity index (χ1v) is 20.3. The second-order valence-electron chi connectivity index (χ2n) is 17.8. The van der Waals surface area contributed by atoms with Gasteiger partial charge in [0.1, 0.15) is 0 Å². The van der Waals surface area contributed by atoms with Crippen LogP contribution in [-0.2, 0) is 0 Å². The quantitative estimate of drug-likeness (QED) is 0.148. The molecule has 0 radical (unpaired) electrons. The number of amides is 2. The summed E-state index contributed by atoms with van der Waals surface area (Å²) in [4.78, 5) is 35.6. The molecule has 1 fully saturated rings. The first kappa shape index (κ1) is 42.2. The normalized spacial score (nSPS) is 12.8. The van der Waals surface area contributed by atoms with Crippen LogP contribution in [0.2, 0.25) is 0 Å². The lowest BCUT2D eigenvalue weighted by atomic mass is 10.0. The Balaban J connectivity index is 0.000000199. The lowest BCUT2D eigenvalue weighted by molar-refractivity contribution is 0.0910. The zero-order chi connectivity index (χ0) is 42.6. The van der Waals surface area contributed by atoms with E-state index in [4.69, 9.17) is 15.2 Å². The Morgan fingerprint density at radius 1 is 0.627 bits per heavy atom.